The lowest BCUT2D eigenvalue weighted by molar-refractivity contribution is 0.0691. The molecule has 1 aromatic carbocycles. The van der Waals surface area contributed by atoms with E-state index in [4.69, 9.17) is 5.11 Å². The van der Waals surface area contributed by atoms with E-state index in [-0.39, 0.29) is 17.6 Å². The Hall–Kier alpha value is -1.03. The summed E-state index contributed by atoms with van der Waals surface area (Å²) < 4.78 is 40.7. The minimum absolute atomic E-state index is 0.202. The van der Waals surface area contributed by atoms with Gasteiger partial charge in [-0.15, -0.1) is 0 Å². The van der Waals surface area contributed by atoms with Gasteiger partial charge < -0.3 is 10.4 Å². The molecule has 0 unspecified atom stereocenters. The van der Waals surface area contributed by atoms with Crippen LogP contribution in [0.15, 0.2) is 21.5 Å². The highest BCUT2D eigenvalue weighted by molar-refractivity contribution is 9.10. The molecule has 1 saturated heterocycles. The van der Waals surface area contributed by atoms with Gasteiger partial charge in [0, 0.05) is 24.1 Å². The van der Waals surface area contributed by atoms with Crippen molar-refractivity contribution in [3.63, 3.8) is 0 Å². The van der Waals surface area contributed by atoms with Crippen LogP contribution in [0.2, 0.25) is 0 Å². The zero-order chi connectivity index (χ0) is 15.6. The molecule has 0 bridgehead atoms. The molecule has 21 heavy (non-hydrogen) atoms. The topological polar surface area (TPSA) is 86.7 Å². The van der Waals surface area contributed by atoms with E-state index in [1.54, 1.807) is 0 Å². The number of hydrogen-bond acceptors (Lipinski definition) is 4. The van der Waals surface area contributed by atoms with Crippen molar-refractivity contribution in [2.75, 3.05) is 26.2 Å². The van der Waals surface area contributed by atoms with E-state index in [0.29, 0.717) is 19.5 Å². The van der Waals surface area contributed by atoms with Crippen LogP contribution in [0.3, 0.4) is 0 Å². The van der Waals surface area contributed by atoms with Crippen LogP contribution in [0.1, 0.15) is 16.8 Å². The number of carboxylic acid groups (broad SMARTS) is 1. The lowest BCUT2D eigenvalue weighted by atomic mass is 10.2. The Balaban J connectivity index is 2.51. The monoisotopic (exact) mass is 380 g/mol. The number of carbonyl (C=O) groups is 1. The normalized spacial score (nSPS) is 17.4. The van der Waals surface area contributed by atoms with Crippen LogP contribution in [0, 0.1) is 5.82 Å². The van der Waals surface area contributed by atoms with E-state index < -0.39 is 32.3 Å². The molecule has 0 saturated carbocycles. The molecule has 1 aromatic rings. The summed E-state index contributed by atoms with van der Waals surface area (Å²) in [7, 11) is -4.07. The van der Waals surface area contributed by atoms with E-state index in [0.717, 1.165) is 12.1 Å². The highest BCUT2D eigenvalue weighted by Gasteiger charge is 2.30. The second-order valence-electron chi connectivity index (χ2n) is 4.58. The Morgan fingerprint density at radius 1 is 1.33 bits per heavy atom. The first-order valence-electron chi connectivity index (χ1n) is 6.27. The molecule has 1 aliphatic heterocycles. The second kappa shape index (κ2) is 6.39. The highest BCUT2D eigenvalue weighted by Crippen LogP contribution is 2.27. The first-order valence-corrected chi connectivity index (χ1v) is 8.50. The fourth-order valence-electron chi connectivity index (χ4n) is 2.11. The van der Waals surface area contributed by atoms with Crippen LogP contribution in [0.4, 0.5) is 4.39 Å². The molecule has 0 amide bonds. The Kier molecular flexibility index (Phi) is 4.97. The number of halogens is 2. The van der Waals surface area contributed by atoms with E-state index >= 15 is 0 Å². The SMILES string of the molecule is O=C(O)c1cc(Br)cc(S(=O)(=O)N2CCCNCC2)c1F. The summed E-state index contributed by atoms with van der Waals surface area (Å²) in [5, 5.41) is 12.0. The molecule has 0 radical (unpaired) electrons. The number of aromatic carboxylic acids is 1. The summed E-state index contributed by atoms with van der Waals surface area (Å²) in [5.41, 5.74) is -0.670. The summed E-state index contributed by atoms with van der Waals surface area (Å²) >= 11 is 3.02. The number of rotatable bonds is 3. The maximum atomic E-state index is 14.2. The summed E-state index contributed by atoms with van der Waals surface area (Å²) in [6.45, 7) is 1.65. The molecule has 0 aliphatic carbocycles. The van der Waals surface area contributed by atoms with Crippen molar-refractivity contribution in [2.45, 2.75) is 11.3 Å². The van der Waals surface area contributed by atoms with Crippen molar-refractivity contribution in [1.29, 1.82) is 0 Å². The molecule has 6 nitrogen and oxygen atoms in total. The Morgan fingerprint density at radius 2 is 2.05 bits per heavy atom. The van der Waals surface area contributed by atoms with Crippen LogP contribution < -0.4 is 5.32 Å². The first-order chi connectivity index (χ1) is 9.84. The van der Waals surface area contributed by atoms with Crippen molar-refractivity contribution >= 4 is 31.9 Å². The summed E-state index contributed by atoms with van der Waals surface area (Å²) in [4.78, 5) is 10.4. The number of nitrogens with zero attached hydrogens (tertiary/aromatic N) is 1. The van der Waals surface area contributed by atoms with Crippen molar-refractivity contribution in [3.8, 4) is 0 Å². The van der Waals surface area contributed by atoms with Gasteiger partial charge in [0.2, 0.25) is 10.0 Å². The molecule has 0 spiro atoms. The third-order valence-electron chi connectivity index (χ3n) is 3.15. The van der Waals surface area contributed by atoms with Crippen molar-refractivity contribution in [3.05, 3.63) is 28.0 Å². The molecular formula is C12H14BrFN2O4S. The molecular weight excluding hydrogens is 367 g/mol. The van der Waals surface area contributed by atoms with Gasteiger partial charge in [-0.05, 0) is 25.1 Å². The average molecular weight is 381 g/mol. The van der Waals surface area contributed by atoms with E-state index in [1.807, 2.05) is 0 Å². The molecule has 1 heterocycles. The predicted octanol–water partition coefficient (Wildman–Crippen LogP) is 1.27. The van der Waals surface area contributed by atoms with Gasteiger partial charge in [-0.25, -0.2) is 17.6 Å². The Morgan fingerprint density at radius 3 is 2.71 bits per heavy atom. The van der Waals surface area contributed by atoms with Gasteiger partial charge in [0.1, 0.15) is 4.90 Å². The molecule has 1 fully saturated rings. The van der Waals surface area contributed by atoms with Gasteiger partial charge in [0.15, 0.2) is 5.82 Å². The number of carboxylic acids is 1. The standard InChI is InChI=1S/C12H14BrFN2O4S/c13-8-6-9(12(17)18)11(14)10(7-8)21(19,20)16-4-1-2-15-3-5-16/h6-7,15H,1-5H2,(H,17,18). The van der Waals surface area contributed by atoms with Crippen molar-refractivity contribution in [2.24, 2.45) is 0 Å². The van der Waals surface area contributed by atoms with Gasteiger partial charge in [0.05, 0.1) is 5.56 Å². The number of nitrogens with one attached hydrogen (secondary N) is 1. The van der Waals surface area contributed by atoms with Crippen LogP contribution in [-0.4, -0.2) is 50.0 Å². The van der Waals surface area contributed by atoms with Crippen LogP contribution in [0.5, 0.6) is 0 Å². The minimum Gasteiger partial charge on any atom is -0.478 e. The number of sulfonamides is 1. The second-order valence-corrected chi connectivity index (χ2v) is 7.40. The fraction of sp³-hybridized carbons (Fsp3) is 0.417. The van der Waals surface area contributed by atoms with E-state index in [2.05, 4.69) is 21.2 Å². The Bertz CT molecular complexity index is 657. The number of hydrogen-bond donors (Lipinski definition) is 2. The maximum absolute atomic E-state index is 14.2. The molecule has 0 atom stereocenters. The van der Waals surface area contributed by atoms with E-state index in [9.17, 15) is 17.6 Å². The maximum Gasteiger partial charge on any atom is 0.338 e. The fourth-order valence-corrected chi connectivity index (χ4v) is 4.31. The zero-order valence-corrected chi connectivity index (χ0v) is 13.4. The van der Waals surface area contributed by atoms with Crippen LogP contribution >= 0.6 is 15.9 Å². The third kappa shape index (κ3) is 3.42. The van der Waals surface area contributed by atoms with Gasteiger partial charge in [-0.1, -0.05) is 15.9 Å². The lowest BCUT2D eigenvalue weighted by Crippen LogP contribution is -2.35. The molecule has 0 aromatic heterocycles. The van der Waals surface area contributed by atoms with Crippen molar-refractivity contribution < 1.29 is 22.7 Å². The number of benzene rings is 1. The van der Waals surface area contributed by atoms with Crippen LogP contribution in [0.25, 0.3) is 0 Å². The molecule has 116 valence electrons. The van der Waals surface area contributed by atoms with Gasteiger partial charge >= 0.3 is 5.97 Å². The molecule has 9 heteroatoms. The first kappa shape index (κ1) is 16.3. The molecule has 1 aliphatic rings. The van der Waals surface area contributed by atoms with Gasteiger partial charge in [-0.3, -0.25) is 0 Å². The lowest BCUT2D eigenvalue weighted by Gasteiger charge is -2.20. The third-order valence-corrected chi connectivity index (χ3v) is 5.51. The highest BCUT2D eigenvalue weighted by atomic mass is 79.9. The summed E-state index contributed by atoms with van der Waals surface area (Å²) in [6.07, 6.45) is 0.612. The smallest absolute Gasteiger partial charge is 0.338 e. The quantitative estimate of drug-likeness (QED) is 0.824. The molecule has 2 rings (SSSR count). The largest absolute Gasteiger partial charge is 0.478 e. The predicted molar refractivity (Wildman–Crippen MR) is 77.3 cm³/mol. The summed E-state index contributed by atoms with van der Waals surface area (Å²) in [5.74, 6) is -2.74. The van der Waals surface area contributed by atoms with Crippen molar-refractivity contribution in [1.82, 2.24) is 9.62 Å². The van der Waals surface area contributed by atoms with Crippen LogP contribution in [-0.2, 0) is 10.0 Å². The Labute approximate surface area is 130 Å². The minimum atomic E-state index is -4.07. The average Bonchev–Trinajstić information content (AvgIpc) is 2.70. The zero-order valence-electron chi connectivity index (χ0n) is 11.0. The van der Waals surface area contributed by atoms with Gasteiger partial charge in [0.25, 0.3) is 0 Å². The van der Waals surface area contributed by atoms with E-state index in [1.165, 1.54) is 4.31 Å². The molecule has 2 N–H and O–H groups in total. The van der Waals surface area contributed by atoms with Gasteiger partial charge in [-0.2, -0.15) is 4.31 Å². The summed E-state index contributed by atoms with van der Waals surface area (Å²) in [6, 6.07) is 2.14.